The average Bonchev–Trinajstić information content (AvgIpc) is 3.13. The van der Waals surface area contributed by atoms with E-state index in [0.29, 0.717) is 13.0 Å². The number of fused-ring (bicyclic) bond motifs is 1. The van der Waals surface area contributed by atoms with E-state index in [0.717, 1.165) is 36.5 Å². The van der Waals surface area contributed by atoms with Gasteiger partial charge in [0.1, 0.15) is 5.82 Å². The molecule has 1 aromatic carbocycles. The molecule has 2 aliphatic rings. The number of halogens is 1. The smallest absolute Gasteiger partial charge is 0.224 e. The quantitative estimate of drug-likeness (QED) is 0.800. The zero-order valence-electron chi connectivity index (χ0n) is 12.1. The second-order valence-corrected chi connectivity index (χ2v) is 6.23. The molecule has 0 radical (unpaired) electrons. The van der Waals surface area contributed by atoms with E-state index < -0.39 is 0 Å². The van der Waals surface area contributed by atoms with Gasteiger partial charge in [0.2, 0.25) is 5.28 Å². The first kappa shape index (κ1) is 13.7. The Hall–Kier alpha value is -1.94. The molecule has 1 atom stereocenters. The molecule has 4 nitrogen and oxygen atoms in total. The Kier molecular flexibility index (Phi) is 3.34. The number of anilines is 1. The molecular formula is C17H16ClN3O. The molecule has 1 aliphatic heterocycles. The van der Waals surface area contributed by atoms with Crippen molar-refractivity contribution in [3.8, 4) is 0 Å². The van der Waals surface area contributed by atoms with Crippen LogP contribution >= 0.6 is 11.6 Å². The topological polar surface area (TPSA) is 46.1 Å². The minimum atomic E-state index is 0.265. The number of rotatable bonds is 2. The van der Waals surface area contributed by atoms with Crippen LogP contribution in [0.5, 0.6) is 0 Å². The van der Waals surface area contributed by atoms with Crippen molar-refractivity contribution in [3.05, 3.63) is 52.4 Å². The fourth-order valence-corrected chi connectivity index (χ4v) is 3.67. The van der Waals surface area contributed by atoms with Gasteiger partial charge in [-0.05, 0) is 30.0 Å². The van der Waals surface area contributed by atoms with Gasteiger partial charge in [0.25, 0.3) is 0 Å². The Morgan fingerprint density at radius 2 is 1.95 bits per heavy atom. The normalized spacial score (nSPS) is 20.5. The van der Waals surface area contributed by atoms with Gasteiger partial charge in [0.15, 0.2) is 5.78 Å². The lowest BCUT2D eigenvalue weighted by molar-refractivity contribution is -0.116. The van der Waals surface area contributed by atoms with Crippen LogP contribution in [-0.4, -0.2) is 28.8 Å². The summed E-state index contributed by atoms with van der Waals surface area (Å²) in [6.45, 7) is 1.17. The lowest BCUT2D eigenvalue weighted by atomic mass is 9.97. The maximum Gasteiger partial charge on any atom is 0.224 e. The Balaban J connectivity index is 1.77. The second-order valence-electron chi connectivity index (χ2n) is 5.89. The van der Waals surface area contributed by atoms with Crippen LogP contribution < -0.4 is 4.90 Å². The summed E-state index contributed by atoms with van der Waals surface area (Å²) in [6, 6.07) is 10.4. The van der Waals surface area contributed by atoms with E-state index in [1.165, 1.54) is 5.56 Å². The highest BCUT2D eigenvalue weighted by molar-refractivity contribution is 6.28. The van der Waals surface area contributed by atoms with Crippen LogP contribution in [0.4, 0.5) is 5.82 Å². The number of Topliss-reactive ketones (excluding diaryl/α,β-unsaturated/α-hetero) is 1. The van der Waals surface area contributed by atoms with Gasteiger partial charge in [-0.2, -0.15) is 0 Å². The van der Waals surface area contributed by atoms with Crippen molar-refractivity contribution in [1.29, 1.82) is 0 Å². The van der Waals surface area contributed by atoms with E-state index in [1.807, 2.05) is 11.0 Å². The summed E-state index contributed by atoms with van der Waals surface area (Å²) >= 11 is 6.16. The highest BCUT2D eigenvalue weighted by Crippen LogP contribution is 2.41. The molecule has 112 valence electrons. The molecule has 2 heterocycles. The summed E-state index contributed by atoms with van der Waals surface area (Å²) in [6.07, 6.45) is 2.55. The van der Waals surface area contributed by atoms with E-state index >= 15 is 0 Å². The van der Waals surface area contributed by atoms with Gasteiger partial charge in [-0.1, -0.05) is 30.3 Å². The Morgan fingerprint density at radius 1 is 1.14 bits per heavy atom. The van der Waals surface area contributed by atoms with Crippen LogP contribution in [0.3, 0.4) is 0 Å². The number of ketones is 1. The van der Waals surface area contributed by atoms with Gasteiger partial charge in [-0.25, -0.2) is 9.97 Å². The van der Waals surface area contributed by atoms with Crippen molar-refractivity contribution >= 4 is 23.2 Å². The Bertz CT molecular complexity index is 732. The molecule has 0 N–H and O–H groups in total. The zero-order chi connectivity index (χ0) is 15.1. The van der Waals surface area contributed by atoms with Gasteiger partial charge in [0, 0.05) is 24.4 Å². The maximum atomic E-state index is 11.6. The first-order chi connectivity index (χ1) is 10.7. The molecule has 22 heavy (non-hydrogen) atoms. The minimum Gasteiger partial charge on any atom is -0.348 e. The van der Waals surface area contributed by atoms with Gasteiger partial charge in [-0.15, -0.1) is 0 Å². The van der Waals surface area contributed by atoms with Crippen LogP contribution in [-0.2, 0) is 11.2 Å². The second kappa shape index (κ2) is 5.36. The minimum absolute atomic E-state index is 0.265. The third-order valence-corrected chi connectivity index (χ3v) is 4.70. The van der Waals surface area contributed by atoms with E-state index in [2.05, 4.69) is 34.2 Å². The highest BCUT2D eigenvalue weighted by atomic mass is 35.5. The average molecular weight is 314 g/mol. The molecule has 0 bridgehead atoms. The summed E-state index contributed by atoms with van der Waals surface area (Å²) in [4.78, 5) is 22.5. The van der Waals surface area contributed by atoms with Crippen molar-refractivity contribution in [1.82, 2.24) is 9.97 Å². The van der Waals surface area contributed by atoms with Crippen LogP contribution in [0.25, 0.3) is 0 Å². The van der Waals surface area contributed by atoms with Crippen LogP contribution in [0.2, 0.25) is 5.28 Å². The van der Waals surface area contributed by atoms with Crippen molar-refractivity contribution in [2.45, 2.75) is 25.2 Å². The zero-order valence-corrected chi connectivity index (χ0v) is 12.9. The number of nitrogens with zero attached hydrogens (tertiary/aromatic N) is 3. The molecule has 5 heteroatoms. The SMILES string of the molecule is O=C1CCN(c2nc(Cl)nc3c2CCC3c2ccccc2)C1. The number of aromatic nitrogens is 2. The van der Waals surface area contributed by atoms with Crippen molar-refractivity contribution in [2.75, 3.05) is 18.0 Å². The van der Waals surface area contributed by atoms with E-state index in [4.69, 9.17) is 11.6 Å². The van der Waals surface area contributed by atoms with E-state index in [-0.39, 0.29) is 17.0 Å². The van der Waals surface area contributed by atoms with Crippen LogP contribution in [0, 0.1) is 0 Å². The summed E-state index contributed by atoms with van der Waals surface area (Å²) < 4.78 is 0. The molecule has 0 saturated carbocycles. The van der Waals surface area contributed by atoms with Crippen molar-refractivity contribution in [2.24, 2.45) is 0 Å². The molecular weight excluding hydrogens is 298 g/mol. The van der Waals surface area contributed by atoms with Gasteiger partial charge >= 0.3 is 0 Å². The summed E-state index contributed by atoms with van der Waals surface area (Å²) in [5, 5.41) is 0.274. The van der Waals surface area contributed by atoms with Crippen molar-refractivity contribution < 1.29 is 4.79 Å². The fraction of sp³-hybridized carbons (Fsp3) is 0.353. The van der Waals surface area contributed by atoms with E-state index in [1.54, 1.807) is 0 Å². The lowest BCUT2D eigenvalue weighted by Gasteiger charge is -2.19. The molecule has 0 amide bonds. The summed E-state index contributed by atoms with van der Waals surface area (Å²) in [5.41, 5.74) is 3.45. The molecule has 1 saturated heterocycles. The predicted octanol–water partition coefficient (Wildman–Crippen LogP) is 2.99. The van der Waals surface area contributed by atoms with Crippen LogP contribution in [0.15, 0.2) is 30.3 Å². The number of carbonyl (C=O) groups excluding carboxylic acids is 1. The van der Waals surface area contributed by atoms with Gasteiger partial charge in [0.05, 0.1) is 12.2 Å². The maximum absolute atomic E-state index is 11.6. The lowest BCUT2D eigenvalue weighted by Crippen LogP contribution is -2.23. The largest absolute Gasteiger partial charge is 0.348 e. The standard InChI is InChI=1S/C17H16ClN3O/c18-17-19-15-13(11-4-2-1-3-5-11)6-7-14(15)16(20-17)21-9-8-12(22)10-21/h1-5,13H,6-10H2. The molecule has 1 aliphatic carbocycles. The predicted molar refractivity (Wildman–Crippen MR) is 85.5 cm³/mol. The molecule has 1 fully saturated rings. The molecule has 1 unspecified atom stereocenters. The third-order valence-electron chi connectivity index (χ3n) is 4.53. The van der Waals surface area contributed by atoms with Crippen molar-refractivity contribution in [3.63, 3.8) is 0 Å². The fourth-order valence-electron chi connectivity index (χ4n) is 3.50. The first-order valence-corrected chi connectivity index (χ1v) is 7.98. The molecule has 2 aromatic rings. The Morgan fingerprint density at radius 3 is 2.68 bits per heavy atom. The molecule has 1 aromatic heterocycles. The number of benzene rings is 1. The third kappa shape index (κ3) is 2.28. The highest BCUT2D eigenvalue weighted by Gasteiger charge is 2.32. The number of hydrogen-bond donors (Lipinski definition) is 0. The van der Waals surface area contributed by atoms with Gasteiger partial charge < -0.3 is 4.90 Å². The van der Waals surface area contributed by atoms with E-state index in [9.17, 15) is 4.79 Å². The monoisotopic (exact) mass is 313 g/mol. The summed E-state index contributed by atoms with van der Waals surface area (Å²) in [7, 11) is 0. The summed E-state index contributed by atoms with van der Waals surface area (Å²) in [5.74, 6) is 1.40. The van der Waals surface area contributed by atoms with Crippen LogP contribution in [0.1, 0.15) is 35.6 Å². The first-order valence-electron chi connectivity index (χ1n) is 7.60. The molecule has 4 rings (SSSR count). The Labute approximate surface area is 134 Å². The van der Waals surface area contributed by atoms with Gasteiger partial charge in [-0.3, -0.25) is 4.79 Å². The number of carbonyl (C=O) groups is 1. The number of hydrogen-bond acceptors (Lipinski definition) is 4. The molecule has 0 spiro atoms.